The molecule has 1 atom stereocenters. The Morgan fingerprint density at radius 1 is 1.40 bits per heavy atom. The highest BCUT2D eigenvalue weighted by molar-refractivity contribution is 7.10. The van der Waals surface area contributed by atoms with Gasteiger partial charge in [0.2, 0.25) is 0 Å². The number of amides is 1. The Kier molecular flexibility index (Phi) is 6.51. The largest absolute Gasteiger partial charge is 0.444 e. The molecule has 5 nitrogen and oxygen atoms in total. The number of hydrogen-bond donors (Lipinski definition) is 1. The maximum Gasteiger partial charge on any atom is 0.410 e. The molecule has 0 aliphatic carbocycles. The summed E-state index contributed by atoms with van der Waals surface area (Å²) in [5, 5.41) is 5.75. The number of aryl methyl sites for hydroxylation is 1. The van der Waals surface area contributed by atoms with Crippen LogP contribution in [-0.2, 0) is 9.47 Å². The Labute approximate surface area is 155 Å². The summed E-state index contributed by atoms with van der Waals surface area (Å²) in [6.07, 6.45) is 1.39. The number of nitrogens with one attached hydrogen (secondary N) is 1. The number of hydrogen-bond acceptors (Lipinski definition) is 5. The quantitative estimate of drug-likeness (QED) is 0.849. The van der Waals surface area contributed by atoms with Gasteiger partial charge < -0.3 is 19.7 Å². The van der Waals surface area contributed by atoms with E-state index in [1.165, 1.54) is 10.4 Å². The van der Waals surface area contributed by atoms with Crippen LogP contribution in [-0.4, -0.2) is 48.9 Å². The number of carbonyl (C=O) groups excluding carboxylic acids is 1. The average molecular weight is 369 g/mol. The van der Waals surface area contributed by atoms with Crippen molar-refractivity contribution in [1.29, 1.82) is 0 Å². The topological polar surface area (TPSA) is 50.8 Å². The molecule has 1 aromatic rings. The number of thiophene rings is 1. The Bertz CT molecular complexity index is 571. The number of carbonyl (C=O) groups is 1. The van der Waals surface area contributed by atoms with Crippen LogP contribution in [0.15, 0.2) is 11.4 Å². The summed E-state index contributed by atoms with van der Waals surface area (Å²) < 4.78 is 11.3. The molecule has 1 amide bonds. The normalized spacial score (nSPS) is 18.9. The first-order valence-electron chi connectivity index (χ1n) is 8.96. The Hall–Kier alpha value is -1.11. The Morgan fingerprint density at radius 3 is 2.52 bits per heavy atom. The van der Waals surface area contributed by atoms with Gasteiger partial charge in [-0.15, -0.1) is 11.3 Å². The van der Waals surface area contributed by atoms with Crippen LogP contribution in [0.4, 0.5) is 4.79 Å². The standard InChI is InChI=1S/C19H32N2O3S/c1-14-7-12-25-16(14)15(2)20-13-19(23-6)8-10-21(11-9-19)17(22)24-18(3,4)5/h7,12,15,20H,8-11,13H2,1-6H3. The van der Waals surface area contributed by atoms with E-state index in [-0.39, 0.29) is 11.7 Å². The predicted molar refractivity (Wildman–Crippen MR) is 102 cm³/mol. The molecule has 2 rings (SSSR count). The van der Waals surface area contributed by atoms with E-state index >= 15 is 0 Å². The van der Waals surface area contributed by atoms with E-state index < -0.39 is 5.60 Å². The monoisotopic (exact) mass is 368 g/mol. The summed E-state index contributed by atoms with van der Waals surface area (Å²) >= 11 is 1.79. The molecular weight excluding hydrogens is 336 g/mol. The highest BCUT2D eigenvalue weighted by Crippen LogP contribution is 2.29. The van der Waals surface area contributed by atoms with Crippen molar-refractivity contribution in [1.82, 2.24) is 10.2 Å². The lowest BCUT2D eigenvalue weighted by molar-refractivity contribution is -0.0597. The molecule has 2 heterocycles. The molecule has 0 spiro atoms. The SMILES string of the molecule is COC1(CNC(C)c2sccc2C)CCN(C(=O)OC(C)(C)C)CC1. The van der Waals surface area contributed by atoms with Gasteiger partial charge in [0.1, 0.15) is 5.60 Å². The zero-order valence-electron chi connectivity index (χ0n) is 16.3. The molecule has 6 heteroatoms. The molecule has 1 unspecified atom stereocenters. The molecule has 0 aromatic carbocycles. The van der Waals surface area contributed by atoms with Crippen LogP contribution in [0.1, 0.15) is 57.0 Å². The second-order valence-corrected chi connectivity index (χ2v) is 8.87. The van der Waals surface area contributed by atoms with Crippen molar-refractivity contribution in [2.75, 3.05) is 26.7 Å². The van der Waals surface area contributed by atoms with Crippen molar-refractivity contribution in [3.63, 3.8) is 0 Å². The molecule has 0 saturated carbocycles. The molecule has 142 valence electrons. The van der Waals surface area contributed by atoms with E-state index in [2.05, 4.69) is 30.6 Å². The fraction of sp³-hybridized carbons (Fsp3) is 0.737. The molecule has 1 saturated heterocycles. The van der Waals surface area contributed by atoms with Crippen molar-refractivity contribution in [2.24, 2.45) is 0 Å². The van der Waals surface area contributed by atoms with E-state index in [1.54, 1.807) is 23.3 Å². The van der Waals surface area contributed by atoms with Gasteiger partial charge in [0, 0.05) is 37.7 Å². The number of rotatable bonds is 5. The molecule has 1 aliphatic rings. The summed E-state index contributed by atoms with van der Waals surface area (Å²) in [5.41, 5.74) is 0.650. The second kappa shape index (κ2) is 8.06. The van der Waals surface area contributed by atoms with Gasteiger partial charge in [0.15, 0.2) is 0 Å². The smallest absolute Gasteiger partial charge is 0.410 e. The molecule has 1 fully saturated rings. The fourth-order valence-corrected chi connectivity index (χ4v) is 4.10. The van der Waals surface area contributed by atoms with Crippen molar-refractivity contribution >= 4 is 17.4 Å². The van der Waals surface area contributed by atoms with Crippen LogP contribution in [0.2, 0.25) is 0 Å². The van der Waals surface area contributed by atoms with Gasteiger partial charge >= 0.3 is 6.09 Å². The Morgan fingerprint density at radius 2 is 2.04 bits per heavy atom. The number of methoxy groups -OCH3 is 1. The lowest BCUT2D eigenvalue weighted by atomic mass is 9.90. The van der Waals surface area contributed by atoms with Crippen molar-refractivity contribution in [2.45, 2.75) is 64.7 Å². The van der Waals surface area contributed by atoms with Gasteiger partial charge in [0.05, 0.1) is 5.60 Å². The third-order valence-corrected chi connectivity index (χ3v) is 5.99. The number of piperidine rings is 1. The van der Waals surface area contributed by atoms with Gasteiger partial charge in [-0.2, -0.15) is 0 Å². The van der Waals surface area contributed by atoms with Gasteiger partial charge in [-0.1, -0.05) is 0 Å². The summed E-state index contributed by atoms with van der Waals surface area (Å²) in [7, 11) is 1.77. The summed E-state index contributed by atoms with van der Waals surface area (Å²) in [6, 6.07) is 2.46. The molecule has 0 bridgehead atoms. The van der Waals surface area contributed by atoms with E-state index in [1.807, 2.05) is 20.8 Å². The molecule has 0 radical (unpaired) electrons. The van der Waals surface area contributed by atoms with Gasteiger partial charge in [-0.25, -0.2) is 4.79 Å². The van der Waals surface area contributed by atoms with Crippen molar-refractivity contribution in [3.05, 3.63) is 21.9 Å². The minimum atomic E-state index is -0.456. The molecule has 1 aliphatic heterocycles. The zero-order chi connectivity index (χ0) is 18.7. The molecule has 25 heavy (non-hydrogen) atoms. The lowest BCUT2D eigenvalue weighted by Crippen LogP contribution is -2.53. The zero-order valence-corrected chi connectivity index (χ0v) is 17.2. The maximum atomic E-state index is 12.2. The maximum absolute atomic E-state index is 12.2. The molecular formula is C19H32N2O3S. The van der Waals surface area contributed by atoms with Crippen LogP contribution in [0.3, 0.4) is 0 Å². The van der Waals surface area contributed by atoms with E-state index in [0.717, 1.165) is 19.4 Å². The second-order valence-electron chi connectivity index (χ2n) is 7.92. The van der Waals surface area contributed by atoms with Crippen molar-refractivity contribution in [3.8, 4) is 0 Å². The average Bonchev–Trinajstić information content (AvgIpc) is 2.97. The third-order valence-electron chi connectivity index (χ3n) is 4.78. The minimum Gasteiger partial charge on any atom is -0.444 e. The number of nitrogens with zero attached hydrogens (tertiary/aromatic N) is 1. The first-order chi connectivity index (χ1) is 11.7. The third kappa shape index (κ3) is 5.43. The summed E-state index contributed by atoms with van der Waals surface area (Å²) in [5.74, 6) is 0. The highest BCUT2D eigenvalue weighted by Gasteiger charge is 2.37. The minimum absolute atomic E-state index is 0.224. The highest BCUT2D eigenvalue weighted by atomic mass is 32.1. The van der Waals surface area contributed by atoms with Gasteiger partial charge in [-0.3, -0.25) is 0 Å². The first-order valence-corrected chi connectivity index (χ1v) is 9.84. The van der Waals surface area contributed by atoms with Gasteiger partial charge in [-0.05, 0) is 64.5 Å². The first kappa shape index (κ1) is 20.2. The van der Waals surface area contributed by atoms with E-state index in [9.17, 15) is 4.79 Å². The molecule has 1 aromatic heterocycles. The van der Waals surface area contributed by atoms with E-state index in [4.69, 9.17) is 9.47 Å². The van der Waals surface area contributed by atoms with Crippen LogP contribution in [0.25, 0.3) is 0 Å². The van der Waals surface area contributed by atoms with Crippen LogP contribution < -0.4 is 5.32 Å². The summed E-state index contributed by atoms with van der Waals surface area (Å²) in [4.78, 5) is 15.4. The fourth-order valence-electron chi connectivity index (χ4n) is 3.14. The number of ether oxygens (including phenoxy) is 2. The predicted octanol–water partition coefficient (Wildman–Crippen LogP) is 4.12. The Balaban J connectivity index is 1.88. The van der Waals surface area contributed by atoms with E-state index in [0.29, 0.717) is 19.1 Å². The van der Waals surface area contributed by atoms with Crippen molar-refractivity contribution < 1.29 is 14.3 Å². The number of likely N-dealkylation sites (tertiary alicyclic amines) is 1. The van der Waals surface area contributed by atoms with Crippen LogP contribution >= 0.6 is 11.3 Å². The van der Waals surface area contributed by atoms with Crippen LogP contribution in [0.5, 0.6) is 0 Å². The molecule has 1 N–H and O–H groups in total. The van der Waals surface area contributed by atoms with Crippen LogP contribution in [0, 0.1) is 6.92 Å². The van der Waals surface area contributed by atoms with Gasteiger partial charge in [0.25, 0.3) is 0 Å². The lowest BCUT2D eigenvalue weighted by Gasteiger charge is -2.41. The summed E-state index contributed by atoms with van der Waals surface area (Å²) in [6.45, 7) is 12.1.